The van der Waals surface area contributed by atoms with Crippen LogP contribution in [0.4, 0.5) is 11.4 Å². The van der Waals surface area contributed by atoms with Gasteiger partial charge in [0.05, 0.1) is 0 Å². The molecule has 19 heavy (non-hydrogen) atoms. The van der Waals surface area contributed by atoms with Gasteiger partial charge in [-0.2, -0.15) is 0 Å². The van der Waals surface area contributed by atoms with Crippen LogP contribution in [0.25, 0.3) is 0 Å². The average molecular weight is 261 g/mol. The minimum absolute atomic E-state index is 0.116. The van der Waals surface area contributed by atoms with Crippen molar-refractivity contribution in [2.24, 2.45) is 11.7 Å². The van der Waals surface area contributed by atoms with Crippen molar-refractivity contribution in [3.8, 4) is 0 Å². The number of carbonyl (C=O) groups excluding carboxylic acids is 1. The second-order valence-corrected chi connectivity index (χ2v) is 5.44. The summed E-state index contributed by atoms with van der Waals surface area (Å²) in [4.78, 5) is 13.6. The fourth-order valence-corrected chi connectivity index (χ4v) is 2.27. The lowest BCUT2D eigenvalue weighted by atomic mass is 10.0. The number of hydrogen-bond donors (Lipinski definition) is 2. The molecule has 1 aliphatic rings. The zero-order valence-corrected chi connectivity index (χ0v) is 11.8. The molecule has 0 saturated heterocycles. The molecule has 0 aliphatic carbocycles. The molecule has 0 aromatic heterocycles. The van der Waals surface area contributed by atoms with Crippen LogP contribution < -0.4 is 16.0 Å². The van der Waals surface area contributed by atoms with Gasteiger partial charge in [0.2, 0.25) is 5.91 Å². The molecule has 0 spiro atoms. The van der Waals surface area contributed by atoms with E-state index in [-0.39, 0.29) is 5.91 Å². The van der Waals surface area contributed by atoms with E-state index in [1.165, 1.54) is 11.3 Å². The van der Waals surface area contributed by atoms with E-state index in [0.29, 0.717) is 12.3 Å². The van der Waals surface area contributed by atoms with Crippen LogP contribution in [0.5, 0.6) is 0 Å². The van der Waals surface area contributed by atoms with E-state index < -0.39 is 0 Å². The van der Waals surface area contributed by atoms with E-state index in [0.717, 1.165) is 31.6 Å². The number of nitrogens with zero attached hydrogens (tertiary/aromatic N) is 1. The maximum Gasteiger partial charge on any atom is 0.224 e. The highest BCUT2D eigenvalue weighted by atomic mass is 16.1. The molecule has 104 valence electrons. The lowest BCUT2D eigenvalue weighted by Gasteiger charge is -2.24. The van der Waals surface area contributed by atoms with Gasteiger partial charge in [0, 0.05) is 31.4 Å². The summed E-state index contributed by atoms with van der Waals surface area (Å²) in [5.74, 6) is 0.671. The number of carbonyl (C=O) groups is 1. The van der Waals surface area contributed by atoms with Gasteiger partial charge in [0.25, 0.3) is 0 Å². The smallest absolute Gasteiger partial charge is 0.224 e. The Bertz CT molecular complexity index is 459. The quantitative estimate of drug-likeness (QED) is 0.852. The third kappa shape index (κ3) is 3.47. The third-order valence-corrected chi connectivity index (χ3v) is 3.78. The zero-order valence-electron chi connectivity index (χ0n) is 11.8. The van der Waals surface area contributed by atoms with E-state index in [4.69, 9.17) is 5.73 Å². The molecule has 1 unspecified atom stereocenters. The van der Waals surface area contributed by atoms with Crippen LogP contribution in [0.1, 0.15) is 25.3 Å². The minimum Gasteiger partial charge on any atom is -0.375 e. The molecule has 0 fully saturated rings. The molecular weight excluding hydrogens is 238 g/mol. The molecule has 0 radical (unpaired) electrons. The van der Waals surface area contributed by atoms with Gasteiger partial charge in [-0.05, 0) is 49.1 Å². The lowest BCUT2D eigenvalue weighted by Crippen LogP contribution is -2.24. The fourth-order valence-electron chi connectivity index (χ4n) is 2.27. The molecule has 1 heterocycles. The van der Waals surface area contributed by atoms with E-state index in [1.807, 2.05) is 6.07 Å². The molecule has 0 saturated carbocycles. The fraction of sp³-hybridized carbons (Fsp3) is 0.533. The van der Waals surface area contributed by atoms with Gasteiger partial charge in [-0.1, -0.05) is 6.92 Å². The van der Waals surface area contributed by atoms with Crippen molar-refractivity contribution in [1.29, 1.82) is 0 Å². The summed E-state index contributed by atoms with van der Waals surface area (Å²) in [5.41, 5.74) is 9.04. The Balaban J connectivity index is 2.03. The topological polar surface area (TPSA) is 58.4 Å². The van der Waals surface area contributed by atoms with Crippen molar-refractivity contribution in [2.45, 2.75) is 26.2 Å². The van der Waals surface area contributed by atoms with Crippen molar-refractivity contribution < 1.29 is 4.79 Å². The van der Waals surface area contributed by atoms with Gasteiger partial charge in [-0.15, -0.1) is 0 Å². The van der Waals surface area contributed by atoms with Crippen molar-refractivity contribution in [3.05, 3.63) is 23.8 Å². The number of nitrogens with two attached hydrogens (primary N) is 1. The van der Waals surface area contributed by atoms with Crippen LogP contribution in [-0.2, 0) is 11.2 Å². The first kappa shape index (κ1) is 13.9. The summed E-state index contributed by atoms with van der Waals surface area (Å²) < 4.78 is 0. The van der Waals surface area contributed by atoms with Crippen LogP contribution in [0.2, 0.25) is 0 Å². The Labute approximate surface area is 115 Å². The highest BCUT2D eigenvalue weighted by molar-refractivity contribution is 5.94. The zero-order chi connectivity index (χ0) is 13.8. The van der Waals surface area contributed by atoms with Gasteiger partial charge in [0.15, 0.2) is 0 Å². The number of hydrogen-bond acceptors (Lipinski definition) is 3. The second kappa shape index (κ2) is 6.06. The molecule has 1 atom stereocenters. The van der Waals surface area contributed by atoms with Crippen molar-refractivity contribution in [3.63, 3.8) is 0 Å². The largest absolute Gasteiger partial charge is 0.375 e. The lowest BCUT2D eigenvalue weighted by molar-refractivity contribution is -0.116. The summed E-state index contributed by atoms with van der Waals surface area (Å²) in [7, 11) is 2.10. The van der Waals surface area contributed by atoms with E-state index in [2.05, 4.69) is 36.3 Å². The molecule has 3 N–H and O–H groups in total. The van der Waals surface area contributed by atoms with Crippen LogP contribution in [-0.4, -0.2) is 26.0 Å². The predicted molar refractivity (Wildman–Crippen MR) is 79.5 cm³/mol. The SMILES string of the molecule is CC(CN)CCN(C)c1ccc2c(c1)CCC(=O)N2. The van der Waals surface area contributed by atoms with E-state index in [9.17, 15) is 4.79 Å². The summed E-state index contributed by atoms with van der Waals surface area (Å²) in [6.45, 7) is 3.92. The summed E-state index contributed by atoms with van der Waals surface area (Å²) >= 11 is 0. The van der Waals surface area contributed by atoms with Crippen molar-refractivity contribution in [1.82, 2.24) is 0 Å². The number of aryl methyl sites for hydroxylation is 1. The monoisotopic (exact) mass is 261 g/mol. The molecular formula is C15H23N3O. The molecule has 1 aliphatic heterocycles. The predicted octanol–water partition coefficient (Wildman–Crippen LogP) is 1.99. The van der Waals surface area contributed by atoms with Gasteiger partial charge < -0.3 is 16.0 Å². The van der Waals surface area contributed by atoms with Gasteiger partial charge in [-0.3, -0.25) is 4.79 Å². The number of benzene rings is 1. The second-order valence-electron chi connectivity index (χ2n) is 5.44. The summed E-state index contributed by atoms with van der Waals surface area (Å²) in [5, 5.41) is 2.91. The van der Waals surface area contributed by atoms with Crippen molar-refractivity contribution >= 4 is 17.3 Å². The Morgan fingerprint density at radius 2 is 2.21 bits per heavy atom. The number of amides is 1. The van der Waals surface area contributed by atoms with Gasteiger partial charge >= 0.3 is 0 Å². The van der Waals surface area contributed by atoms with Gasteiger partial charge in [0.1, 0.15) is 0 Å². The Morgan fingerprint density at radius 1 is 1.42 bits per heavy atom. The van der Waals surface area contributed by atoms with E-state index >= 15 is 0 Å². The first-order valence-electron chi connectivity index (χ1n) is 6.94. The Hall–Kier alpha value is -1.55. The number of anilines is 2. The van der Waals surface area contributed by atoms with Gasteiger partial charge in [-0.25, -0.2) is 0 Å². The molecule has 1 aromatic carbocycles. The van der Waals surface area contributed by atoms with Crippen LogP contribution in [0.15, 0.2) is 18.2 Å². The van der Waals surface area contributed by atoms with Crippen molar-refractivity contribution in [2.75, 3.05) is 30.4 Å². The normalized spacial score (nSPS) is 15.6. The summed E-state index contributed by atoms with van der Waals surface area (Å²) in [6, 6.07) is 6.25. The molecule has 4 heteroatoms. The highest BCUT2D eigenvalue weighted by Gasteiger charge is 2.15. The first-order chi connectivity index (χ1) is 9.10. The minimum atomic E-state index is 0.116. The molecule has 1 aromatic rings. The molecule has 4 nitrogen and oxygen atoms in total. The maximum atomic E-state index is 11.3. The highest BCUT2D eigenvalue weighted by Crippen LogP contribution is 2.27. The van der Waals surface area contributed by atoms with E-state index in [1.54, 1.807) is 0 Å². The van der Waals surface area contributed by atoms with Crippen LogP contribution >= 0.6 is 0 Å². The maximum absolute atomic E-state index is 11.3. The molecule has 0 bridgehead atoms. The van der Waals surface area contributed by atoms with Crippen LogP contribution in [0.3, 0.4) is 0 Å². The Kier molecular flexibility index (Phi) is 4.43. The van der Waals surface area contributed by atoms with Crippen LogP contribution in [0, 0.1) is 5.92 Å². The molecule has 2 rings (SSSR count). The molecule has 1 amide bonds. The Morgan fingerprint density at radius 3 is 2.95 bits per heavy atom. The number of nitrogens with one attached hydrogen (secondary N) is 1. The summed E-state index contributed by atoms with van der Waals surface area (Å²) in [6.07, 6.45) is 2.52. The standard InChI is InChI=1S/C15H23N3O/c1-11(10-16)7-8-18(2)13-4-5-14-12(9-13)3-6-15(19)17-14/h4-5,9,11H,3,6-8,10,16H2,1-2H3,(H,17,19). The number of rotatable bonds is 5. The number of fused-ring (bicyclic) bond motifs is 1. The average Bonchev–Trinajstić information content (AvgIpc) is 2.43. The third-order valence-electron chi connectivity index (χ3n) is 3.78. The first-order valence-corrected chi connectivity index (χ1v) is 6.94.